The van der Waals surface area contributed by atoms with Crippen LogP contribution in [0.4, 0.5) is 4.39 Å². The monoisotopic (exact) mass is 380 g/mol. The van der Waals surface area contributed by atoms with E-state index in [0.29, 0.717) is 19.7 Å². The normalized spacial score (nSPS) is 16.9. The van der Waals surface area contributed by atoms with E-state index >= 15 is 0 Å². The number of benzene rings is 1. The number of aryl methyl sites for hydroxylation is 1. The topological polar surface area (TPSA) is 60.2 Å². The highest BCUT2D eigenvalue weighted by atomic mass is 19.1. The molecule has 7 heteroatoms. The smallest absolute Gasteiger partial charge is 0.227 e. The second-order valence-corrected chi connectivity index (χ2v) is 6.85. The van der Waals surface area contributed by atoms with Crippen LogP contribution < -0.4 is 0 Å². The Morgan fingerprint density at radius 1 is 1.25 bits per heavy atom. The number of aromatic nitrogens is 3. The van der Waals surface area contributed by atoms with Crippen LogP contribution >= 0.6 is 0 Å². The Bertz CT molecular complexity index is 971. The summed E-state index contributed by atoms with van der Waals surface area (Å²) in [4.78, 5) is 19.2. The summed E-state index contributed by atoms with van der Waals surface area (Å²) in [6.45, 7) is 1.45. The van der Waals surface area contributed by atoms with Crippen LogP contribution in [0.5, 0.6) is 0 Å². The molecule has 4 rings (SSSR count). The zero-order chi connectivity index (χ0) is 19.5. The minimum Gasteiger partial charge on any atom is -0.368 e. The van der Waals surface area contributed by atoms with Crippen LogP contribution in [0.25, 0.3) is 11.3 Å². The fourth-order valence-electron chi connectivity index (χ4n) is 3.29. The number of pyridine rings is 1. The van der Waals surface area contributed by atoms with Gasteiger partial charge >= 0.3 is 0 Å². The number of hydrogen-bond acceptors (Lipinski definition) is 4. The summed E-state index contributed by atoms with van der Waals surface area (Å²) in [6, 6.07) is 11.8. The molecule has 0 aliphatic carbocycles. The Hall–Kier alpha value is -3.06. The van der Waals surface area contributed by atoms with Crippen molar-refractivity contribution < 1.29 is 13.9 Å². The zero-order valence-electron chi connectivity index (χ0n) is 15.6. The predicted octanol–water partition coefficient (Wildman–Crippen LogP) is 2.76. The molecule has 2 aromatic heterocycles. The van der Waals surface area contributed by atoms with Gasteiger partial charge in [0, 0.05) is 25.4 Å². The Balaban J connectivity index is 1.46. The van der Waals surface area contributed by atoms with Crippen molar-refractivity contribution in [3.8, 4) is 11.3 Å². The Labute approximate surface area is 162 Å². The fourth-order valence-corrected chi connectivity index (χ4v) is 3.29. The van der Waals surface area contributed by atoms with E-state index in [1.54, 1.807) is 27.9 Å². The van der Waals surface area contributed by atoms with Gasteiger partial charge in [0.05, 0.1) is 37.2 Å². The van der Waals surface area contributed by atoms with E-state index in [0.717, 1.165) is 22.5 Å². The van der Waals surface area contributed by atoms with Gasteiger partial charge in [-0.1, -0.05) is 18.2 Å². The molecule has 1 aromatic carbocycles. The second-order valence-electron chi connectivity index (χ2n) is 6.85. The average Bonchev–Trinajstić information content (AvgIpc) is 3.16. The first-order valence-corrected chi connectivity index (χ1v) is 9.18. The first-order valence-electron chi connectivity index (χ1n) is 9.18. The highest BCUT2D eigenvalue weighted by Gasteiger charge is 2.26. The molecule has 28 heavy (non-hydrogen) atoms. The maximum Gasteiger partial charge on any atom is 0.227 e. The lowest BCUT2D eigenvalue weighted by molar-refractivity contribution is -0.138. The molecule has 0 saturated carbocycles. The van der Waals surface area contributed by atoms with Crippen LogP contribution in [0.3, 0.4) is 0 Å². The van der Waals surface area contributed by atoms with Crippen molar-refractivity contribution >= 4 is 5.91 Å². The predicted molar refractivity (Wildman–Crippen MR) is 102 cm³/mol. The summed E-state index contributed by atoms with van der Waals surface area (Å²) in [7, 11) is 1.86. The molecule has 0 bridgehead atoms. The van der Waals surface area contributed by atoms with Gasteiger partial charge in [-0.2, -0.15) is 5.10 Å². The molecule has 1 aliphatic rings. The van der Waals surface area contributed by atoms with E-state index < -0.39 is 0 Å². The number of morpholine rings is 1. The van der Waals surface area contributed by atoms with E-state index in [1.165, 1.54) is 12.1 Å². The third-order valence-corrected chi connectivity index (χ3v) is 4.79. The molecule has 0 unspecified atom stereocenters. The second kappa shape index (κ2) is 7.90. The lowest BCUT2D eigenvalue weighted by Crippen LogP contribution is -2.43. The number of rotatable bonds is 4. The Kier molecular flexibility index (Phi) is 5.16. The molecule has 144 valence electrons. The molecule has 1 atom stereocenters. The van der Waals surface area contributed by atoms with Crippen LogP contribution in [0.2, 0.25) is 0 Å². The summed E-state index contributed by atoms with van der Waals surface area (Å²) in [5.74, 6) is -0.300. The fraction of sp³-hybridized carbons (Fsp3) is 0.286. The van der Waals surface area contributed by atoms with Gasteiger partial charge in [-0.15, -0.1) is 0 Å². The van der Waals surface area contributed by atoms with Gasteiger partial charge in [0.25, 0.3) is 0 Å². The van der Waals surface area contributed by atoms with Crippen molar-refractivity contribution in [1.82, 2.24) is 19.7 Å². The Morgan fingerprint density at radius 3 is 2.82 bits per heavy atom. The van der Waals surface area contributed by atoms with Gasteiger partial charge in [-0.3, -0.25) is 9.48 Å². The quantitative estimate of drug-likeness (QED) is 0.698. The molecular formula is C21H21FN4O2. The Morgan fingerprint density at radius 2 is 2.07 bits per heavy atom. The molecule has 0 radical (unpaired) electrons. The minimum absolute atomic E-state index is 0.00308. The molecule has 1 fully saturated rings. The van der Waals surface area contributed by atoms with E-state index in [2.05, 4.69) is 5.10 Å². The number of nitrogens with zero attached hydrogens (tertiary/aromatic N) is 4. The van der Waals surface area contributed by atoms with Crippen molar-refractivity contribution in [2.45, 2.75) is 12.5 Å². The molecule has 6 nitrogen and oxygen atoms in total. The molecule has 1 saturated heterocycles. The minimum atomic E-state index is -0.304. The number of ether oxygens (including phenoxy) is 1. The van der Waals surface area contributed by atoms with Gasteiger partial charge in [0.1, 0.15) is 11.9 Å². The zero-order valence-corrected chi connectivity index (χ0v) is 15.6. The lowest BCUT2D eigenvalue weighted by Gasteiger charge is -2.33. The van der Waals surface area contributed by atoms with E-state index in [-0.39, 0.29) is 24.2 Å². The SMILES string of the molecule is Cn1cc(-c2cccc([C@@H]3CN(C(=O)Cc4ccc(F)cc4)CCO3)n2)cn1. The molecule has 1 amide bonds. The van der Waals surface area contributed by atoms with Crippen molar-refractivity contribution in [2.75, 3.05) is 19.7 Å². The highest BCUT2D eigenvalue weighted by Crippen LogP contribution is 2.24. The maximum absolute atomic E-state index is 13.1. The van der Waals surface area contributed by atoms with Gasteiger partial charge in [0.2, 0.25) is 5.91 Å². The largest absolute Gasteiger partial charge is 0.368 e. The van der Waals surface area contributed by atoms with Gasteiger partial charge in [-0.05, 0) is 29.8 Å². The maximum atomic E-state index is 13.1. The molecule has 1 aliphatic heterocycles. The third-order valence-electron chi connectivity index (χ3n) is 4.79. The van der Waals surface area contributed by atoms with E-state index in [4.69, 9.17) is 9.72 Å². The summed E-state index contributed by atoms with van der Waals surface area (Å²) in [5, 5.41) is 4.18. The van der Waals surface area contributed by atoms with Crippen LogP contribution in [0, 0.1) is 5.82 Å². The molecule has 0 spiro atoms. The first-order chi connectivity index (χ1) is 13.6. The average molecular weight is 380 g/mol. The number of hydrogen-bond donors (Lipinski definition) is 0. The van der Waals surface area contributed by atoms with Crippen molar-refractivity contribution in [3.63, 3.8) is 0 Å². The lowest BCUT2D eigenvalue weighted by atomic mass is 10.1. The summed E-state index contributed by atoms with van der Waals surface area (Å²) in [5.41, 5.74) is 3.35. The highest BCUT2D eigenvalue weighted by molar-refractivity contribution is 5.79. The summed E-state index contributed by atoms with van der Waals surface area (Å²) >= 11 is 0. The number of carbonyl (C=O) groups excluding carboxylic acids is 1. The molecular weight excluding hydrogens is 359 g/mol. The summed E-state index contributed by atoms with van der Waals surface area (Å²) in [6.07, 6.45) is 3.65. The van der Waals surface area contributed by atoms with Crippen LogP contribution in [-0.2, 0) is 23.0 Å². The summed E-state index contributed by atoms with van der Waals surface area (Å²) < 4.78 is 20.7. The molecule has 3 aromatic rings. The van der Waals surface area contributed by atoms with Gasteiger partial charge in [0.15, 0.2) is 0 Å². The van der Waals surface area contributed by atoms with E-state index in [1.807, 2.05) is 31.4 Å². The molecule has 3 heterocycles. The van der Waals surface area contributed by atoms with Gasteiger partial charge < -0.3 is 9.64 Å². The number of carbonyl (C=O) groups is 1. The third kappa shape index (κ3) is 4.09. The standard InChI is InChI=1S/C21H21FN4O2/c1-25-13-16(12-23-25)18-3-2-4-19(24-18)20-14-26(9-10-28-20)21(27)11-15-5-7-17(22)8-6-15/h2-8,12-13,20H,9-11,14H2,1H3/t20-/m0/s1. The van der Waals surface area contributed by atoms with Gasteiger partial charge in [-0.25, -0.2) is 9.37 Å². The van der Waals surface area contributed by atoms with Crippen molar-refractivity contribution in [2.24, 2.45) is 7.05 Å². The van der Waals surface area contributed by atoms with Crippen LogP contribution in [-0.4, -0.2) is 45.3 Å². The number of halogens is 1. The first kappa shape index (κ1) is 18.3. The number of amides is 1. The van der Waals surface area contributed by atoms with Crippen molar-refractivity contribution in [3.05, 3.63) is 71.9 Å². The molecule has 0 N–H and O–H groups in total. The van der Waals surface area contributed by atoms with Crippen LogP contribution in [0.1, 0.15) is 17.4 Å². The van der Waals surface area contributed by atoms with E-state index in [9.17, 15) is 9.18 Å². The van der Waals surface area contributed by atoms with Crippen LogP contribution in [0.15, 0.2) is 54.9 Å². The van der Waals surface area contributed by atoms with Crippen molar-refractivity contribution in [1.29, 1.82) is 0 Å².